The molecular formula is C86H79Cl3F12N24O10S2. The van der Waals surface area contributed by atoms with Gasteiger partial charge in [0.25, 0.3) is 0 Å². The van der Waals surface area contributed by atoms with E-state index in [1.165, 1.54) is 11.8 Å². The van der Waals surface area contributed by atoms with E-state index in [4.69, 9.17) is 41.2 Å². The second-order valence-corrected chi connectivity index (χ2v) is 36.4. The number of hydrogen-bond acceptors (Lipinski definition) is 23. The normalized spacial score (nSPS) is 11.5. The number of aryl methyl sites for hydroxylation is 3. The van der Waals surface area contributed by atoms with Crippen molar-refractivity contribution >= 4 is 126 Å². The standard InChI is InChI=1S/C22H20ClF3N6O2.C21H14ClF3N6O2.C18H12ClF3N6O2.C16H18F3N3O2S.C9H15N3O2S/c1-22(2,3)32-20(33)28-19(27-18-6-12-9-30(4)29-17(12)7-13(18)23)31(21(32)34)10-11-5-15(25)16(26)8-14(11)24;1-3-4-30-20(32)27-19(26-18-6-12-9-29(2)28-17(12)7-13(18)22)31(21(30)33)10-11-5-15(24)16(25)8-14(11)23;1-27-6-9-3-15(10(19)4-14(9)26-27)23-16-24-17(29)25-18(30)28(16)7-8-2-12(21)13(22)5-11(8)20;1-5-25-14-20-13(23)22(16(2,3)4)15(24)21(14)8-9-6-11(18)12(19)7-10(9)17;1-5-15-6-10-7(13)12(8(14)11-6)9(2,3)4/h5-9H,10H2,1-4H3,(H,27,28,33);1,5-9H,4,10H2,2H3,(H,26,27,32);2-6H,7H2,1H3,(H2,23,24,25,29,30);6-7H,5,8H2,1-4H3;5H2,1-4H3,(H,10,11,13,14). The van der Waals surface area contributed by atoms with Gasteiger partial charge in [0.15, 0.2) is 56.9 Å². The largest absolute Gasteiger partial charge is 0.355 e. The van der Waals surface area contributed by atoms with Gasteiger partial charge in [-0.05, 0) is 134 Å². The number of nitrogens with one attached hydrogen (secondary N) is 5. The molecule has 0 bridgehead atoms. The number of benzene rings is 7. The van der Waals surface area contributed by atoms with Crippen molar-refractivity contribution in [2.24, 2.45) is 21.1 Å². The van der Waals surface area contributed by atoms with Crippen LogP contribution in [0.2, 0.25) is 15.1 Å². The number of aromatic amines is 2. The van der Waals surface area contributed by atoms with Crippen molar-refractivity contribution in [3.05, 3.63) is 315 Å². The van der Waals surface area contributed by atoms with E-state index in [9.17, 15) is 101 Å². The minimum absolute atomic E-state index is 0.0992. The number of rotatable bonds is 19. The molecule has 8 aromatic heterocycles. The predicted octanol–water partition coefficient (Wildman–Crippen LogP) is 12.9. The zero-order valence-electron chi connectivity index (χ0n) is 74.4. The molecule has 34 nitrogen and oxygen atoms in total. The zero-order valence-corrected chi connectivity index (χ0v) is 78.3. The van der Waals surface area contributed by atoms with E-state index in [0.717, 1.165) is 60.3 Å². The number of fused-ring (bicyclic) bond motifs is 3. The van der Waals surface area contributed by atoms with Gasteiger partial charge in [-0.25, -0.2) is 119 Å². The quantitative estimate of drug-likeness (QED) is 0.0217. The van der Waals surface area contributed by atoms with E-state index in [1.807, 2.05) is 11.9 Å². The molecule has 0 saturated heterocycles. The van der Waals surface area contributed by atoms with Crippen molar-refractivity contribution in [2.45, 2.75) is 136 Å². The van der Waals surface area contributed by atoms with Crippen LogP contribution in [-0.2, 0) is 70.5 Å². The zero-order chi connectivity index (χ0) is 101. The fourth-order valence-corrected chi connectivity index (χ4v) is 15.1. The molecule has 0 aliphatic heterocycles. The van der Waals surface area contributed by atoms with Crippen LogP contribution in [-0.4, -0.2) is 112 Å². The number of hydrogen-bond donors (Lipinski definition) is 5. The number of anilines is 6. The number of terminal acetylenes is 1. The third-order valence-electron chi connectivity index (χ3n) is 19.3. The molecule has 0 aliphatic carbocycles. The summed E-state index contributed by atoms with van der Waals surface area (Å²) in [4.78, 5) is 147. The van der Waals surface area contributed by atoms with Crippen molar-refractivity contribution in [3.8, 4) is 12.3 Å². The molecule has 0 aliphatic rings. The Hall–Kier alpha value is -14.3. The Morgan fingerprint density at radius 3 is 1.04 bits per heavy atom. The van der Waals surface area contributed by atoms with Crippen LogP contribution in [0.1, 0.15) is 98.4 Å². The Morgan fingerprint density at radius 1 is 0.365 bits per heavy atom. The van der Waals surface area contributed by atoms with E-state index in [2.05, 4.69) is 67.1 Å². The summed E-state index contributed by atoms with van der Waals surface area (Å²) in [6.45, 7) is 16.6. The Bertz CT molecular complexity index is 7950. The monoisotopic (exact) mass is 2000 g/mol. The van der Waals surface area contributed by atoms with Crippen LogP contribution in [0.5, 0.6) is 0 Å². The van der Waals surface area contributed by atoms with E-state index in [0.29, 0.717) is 97.3 Å². The maximum Gasteiger partial charge on any atom is 0.355 e. The van der Waals surface area contributed by atoms with E-state index in [-0.39, 0.29) is 72.6 Å². The van der Waals surface area contributed by atoms with Gasteiger partial charge in [-0.15, -0.1) is 6.42 Å². The first-order valence-corrected chi connectivity index (χ1v) is 43.3. The van der Waals surface area contributed by atoms with Crippen LogP contribution in [0.3, 0.4) is 0 Å². The molecule has 0 radical (unpaired) electrons. The number of H-pyrrole nitrogens is 2. The number of nitrogens with zero attached hydrogens (tertiary/aromatic N) is 19. The molecule has 137 heavy (non-hydrogen) atoms. The molecular weight excluding hydrogens is 1930 g/mol. The summed E-state index contributed by atoms with van der Waals surface area (Å²) in [5, 5.41) is 24.4. The van der Waals surface area contributed by atoms with Crippen LogP contribution in [0.25, 0.3) is 32.7 Å². The van der Waals surface area contributed by atoms with Gasteiger partial charge in [0.2, 0.25) is 17.8 Å². The van der Waals surface area contributed by atoms with Gasteiger partial charge in [0.1, 0.15) is 23.3 Å². The SMILES string of the molecule is C#CCn1c(=O)nc(Nc2cc3cn(C)nc3cc2Cl)n(Cc2cc(F)c(F)cc2F)c1=O.CCSc1nc(=O)n(C(C)(C)C)c(=O)[nH]1.CCSc1nc(=O)n(C(C)(C)C)c(=O)n1Cc1cc(F)c(F)cc1F.Cn1cc2cc(Nc3nc(=O)[nH]c(=O)n3Cc3cc(F)c(F)cc3F)c(Cl)cc2n1.Cn1cc2cc(Nc3nc(=O)n(C(C)(C)C)c(=O)n3Cc3cc(F)c(F)cc3F)c(Cl)cc2n1. The van der Waals surface area contributed by atoms with Crippen LogP contribution >= 0.6 is 58.3 Å². The number of halogens is 15. The van der Waals surface area contributed by atoms with Gasteiger partial charge in [-0.2, -0.15) is 40.2 Å². The van der Waals surface area contributed by atoms with E-state index < -0.39 is 169 Å². The van der Waals surface area contributed by atoms with Gasteiger partial charge < -0.3 is 16.0 Å². The van der Waals surface area contributed by atoms with Gasteiger partial charge >= 0.3 is 56.9 Å². The second-order valence-electron chi connectivity index (χ2n) is 32.7. The molecule has 5 N–H and O–H groups in total. The van der Waals surface area contributed by atoms with Crippen molar-refractivity contribution in [1.29, 1.82) is 0 Å². The van der Waals surface area contributed by atoms with Gasteiger partial charge in [-0.3, -0.25) is 42.3 Å². The number of aromatic nitrogens is 21. The molecule has 0 saturated carbocycles. The molecule has 8 heterocycles. The first-order valence-electron chi connectivity index (χ1n) is 40.2. The lowest BCUT2D eigenvalue weighted by Crippen LogP contribution is -2.49. The predicted molar refractivity (Wildman–Crippen MR) is 492 cm³/mol. The van der Waals surface area contributed by atoms with E-state index >= 15 is 0 Å². The van der Waals surface area contributed by atoms with Crippen molar-refractivity contribution in [2.75, 3.05) is 27.5 Å². The Morgan fingerprint density at radius 2 is 0.686 bits per heavy atom. The molecule has 0 spiro atoms. The van der Waals surface area contributed by atoms with Gasteiger partial charge in [-0.1, -0.05) is 78.1 Å². The fourth-order valence-electron chi connectivity index (χ4n) is 13.2. The number of thioether (sulfide) groups is 2. The lowest BCUT2D eigenvalue weighted by atomic mass is 10.1. The lowest BCUT2D eigenvalue weighted by molar-refractivity contribution is 0.335. The highest BCUT2D eigenvalue weighted by atomic mass is 35.5. The van der Waals surface area contributed by atoms with Gasteiger partial charge in [0, 0.05) is 119 Å². The minimum atomic E-state index is -1.38. The maximum atomic E-state index is 14.4. The molecule has 15 rings (SSSR count). The second kappa shape index (κ2) is 41.9. The average Bonchev–Trinajstić information content (AvgIpc) is 1.03. The highest BCUT2D eigenvalue weighted by molar-refractivity contribution is 7.99. The third-order valence-corrected chi connectivity index (χ3v) is 21.9. The minimum Gasteiger partial charge on any atom is -0.324 e. The molecule has 0 amide bonds. The van der Waals surface area contributed by atoms with Crippen LogP contribution < -0.4 is 72.8 Å². The summed E-state index contributed by atoms with van der Waals surface area (Å²) >= 11 is 21.4. The highest BCUT2D eigenvalue weighted by Crippen LogP contribution is 2.34. The summed E-state index contributed by atoms with van der Waals surface area (Å²) in [6.07, 6.45) is 10.4. The first-order chi connectivity index (χ1) is 64.1. The van der Waals surface area contributed by atoms with Crippen LogP contribution in [0.4, 0.5) is 87.6 Å². The van der Waals surface area contributed by atoms with Crippen LogP contribution in [0, 0.1) is 82.2 Å². The molecule has 0 unspecified atom stereocenters. The van der Waals surface area contributed by atoms with Crippen molar-refractivity contribution < 1.29 is 52.7 Å². The summed E-state index contributed by atoms with van der Waals surface area (Å²) in [5.74, 6) is -12.0. The summed E-state index contributed by atoms with van der Waals surface area (Å²) in [7, 11) is 5.19. The highest BCUT2D eigenvalue weighted by Gasteiger charge is 2.29. The van der Waals surface area contributed by atoms with Crippen LogP contribution in [0.15, 0.2) is 162 Å². The fraction of sp³-hybridized carbons (Fsp3) is 0.279. The topological polar surface area (TPSA) is 396 Å². The summed E-state index contributed by atoms with van der Waals surface area (Å²) in [5.41, 5.74) is -8.55. The van der Waals surface area contributed by atoms with E-state index in [1.54, 1.807) is 159 Å². The molecule has 0 atom stereocenters. The van der Waals surface area contributed by atoms with Gasteiger partial charge in [0.05, 0.1) is 81.4 Å². The molecule has 15 aromatic rings. The van der Waals surface area contributed by atoms with Crippen molar-refractivity contribution in [1.82, 2.24) is 101 Å². The van der Waals surface area contributed by atoms with Crippen molar-refractivity contribution in [3.63, 3.8) is 0 Å². The maximum absolute atomic E-state index is 14.4. The Kier molecular flexibility index (Phi) is 31.6. The average molecular weight is 2010 g/mol. The molecule has 7 aromatic carbocycles. The summed E-state index contributed by atoms with van der Waals surface area (Å²) in [6, 6.07) is 13.8. The molecule has 51 heteroatoms. The smallest absolute Gasteiger partial charge is 0.324 e. The Balaban J connectivity index is 0.000000168. The molecule has 0 fully saturated rings. The Labute approximate surface area is 787 Å². The third kappa shape index (κ3) is 24.1. The first kappa shape index (κ1) is 103. The lowest BCUT2D eigenvalue weighted by Gasteiger charge is -2.23. The summed E-state index contributed by atoms with van der Waals surface area (Å²) < 4.78 is 176. The molecule has 720 valence electrons.